The van der Waals surface area contributed by atoms with E-state index in [1.54, 1.807) is 0 Å². The van der Waals surface area contributed by atoms with Crippen molar-refractivity contribution in [2.45, 2.75) is 132 Å². The van der Waals surface area contributed by atoms with Crippen LogP contribution in [0.2, 0.25) is 0 Å². The maximum Gasteiger partial charge on any atom is 0.0594 e. The highest BCUT2D eigenvalue weighted by molar-refractivity contribution is 5.30. The van der Waals surface area contributed by atoms with Crippen molar-refractivity contribution in [2.75, 3.05) is 0 Å². The van der Waals surface area contributed by atoms with E-state index in [2.05, 4.69) is 62.0 Å². The molecule has 1 heteroatoms. The van der Waals surface area contributed by atoms with Crippen molar-refractivity contribution in [3.05, 3.63) is 12.2 Å². The number of hydrogen-bond donors (Lipinski definition) is 1. The molecule has 9 atom stereocenters. The van der Waals surface area contributed by atoms with E-state index in [1.165, 1.54) is 69.8 Å². The zero-order valence-corrected chi connectivity index (χ0v) is 23.3. The Morgan fingerprint density at radius 1 is 0.879 bits per heavy atom. The second-order valence-corrected chi connectivity index (χ2v) is 15.9. The second kappa shape index (κ2) is 7.14. The smallest absolute Gasteiger partial charge is 0.0594 e. The standard InChI is InChI=1S/C32H54O/c1-21(10-11-22(2)27(3,4)5)23-14-16-30(9)25-13-12-24-28(6,7)26(33)15-17-31(24)20-32(25,31)19-18-29(23,30)8/h21,23-26,33H,2,10-20H2,1,3-9H3. The zero-order chi connectivity index (χ0) is 24.2. The number of allylic oxidation sites excluding steroid dienone is 1. The molecule has 5 aliphatic rings. The lowest BCUT2D eigenvalue weighted by Gasteiger charge is -2.63. The van der Waals surface area contributed by atoms with Gasteiger partial charge < -0.3 is 5.11 Å². The molecule has 0 aromatic heterocycles. The Bertz CT molecular complexity index is 817. The van der Waals surface area contributed by atoms with Gasteiger partial charge in [-0.3, -0.25) is 0 Å². The molecule has 0 bridgehead atoms. The third-order valence-electron chi connectivity index (χ3n) is 13.8. The summed E-state index contributed by atoms with van der Waals surface area (Å²) in [6, 6.07) is 0. The van der Waals surface area contributed by atoms with Crippen LogP contribution in [0.3, 0.4) is 0 Å². The summed E-state index contributed by atoms with van der Waals surface area (Å²) in [5.74, 6) is 3.35. The number of aliphatic hydroxyl groups excluding tert-OH is 1. The lowest BCUT2D eigenvalue weighted by Crippen LogP contribution is -2.57. The Hall–Kier alpha value is -0.300. The Labute approximate surface area is 205 Å². The minimum absolute atomic E-state index is 0.0914. The molecule has 0 aromatic rings. The summed E-state index contributed by atoms with van der Waals surface area (Å²) in [4.78, 5) is 0. The highest BCUT2D eigenvalue weighted by atomic mass is 16.3. The van der Waals surface area contributed by atoms with Gasteiger partial charge in [0.1, 0.15) is 0 Å². The fraction of sp³-hybridized carbons (Fsp3) is 0.938. The van der Waals surface area contributed by atoms with E-state index in [0.717, 1.165) is 30.1 Å². The SMILES string of the molecule is C=C(CCC(C)C1CCC2(C)C3CCC4C(C)(C)C(O)CCC45CC35CCC12C)C(C)(C)C. The third-order valence-corrected chi connectivity index (χ3v) is 13.8. The topological polar surface area (TPSA) is 20.2 Å². The van der Waals surface area contributed by atoms with E-state index in [1.807, 2.05) is 0 Å². The van der Waals surface area contributed by atoms with Gasteiger partial charge >= 0.3 is 0 Å². The van der Waals surface area contributed by atoms with Crippen LogP contribution < -0.4 is 0 Å². The van der Waals surface area contributed by atoms with Crippen LogP contribution in [0.25, 0.3) is 0 Å². The lowest BCUT2D eigenvalue weighted by molar-refractivity contribution is -0.161. The van der Waals surface area contributed by atoms with Crippen molar-refractivity contribution in [3.63, 3.8) is 0 Å². The van der Waals surface area contributed by atoms with Crippen molar-refractivity contribution in [3.8, 4) is 0 Å². The second-order valence-electron chi connectivity index (χ2n) is 15.9. The highest BCUT2D eigenvalue weighted by Crippen LogP contribution is 2.89. The summed E-state index contributed by atoms with van der Waals surface area (Å²) in [7, 11) is 0. The molecule has 188 valence electrons. The van der Waals surface area contributed by atoms with Crippen LogP contribution in [-0.2, 0) is 0 Å². The molecular weight excluding hydrogens is 400 g/mol. The van der Waals surface area contributed by atoms with Gasteiger partial charge in [0, 0.05) is 0 Å². The molecule has 5 rings (SSSR count). The largest absolute Gasteiger partial charge is 0.393 e. The van der Waals surface area contributed by atoms with Gasteiger partial charge in [-0.05, 0) is 127 Å². The molecule has 33 heavy (non-hydrogen) atoms. The average Bonchev–Trinajstić information content (AvgIpc) is 3.31. The molecule has 0 saturated heterocycles. The van der Waals surface area contributed by atoms with Gasteiger partial charge in [0.25, 0.3) is 0 Å². The predicted octanol–water partition coefficient (Wildman–Crippen LogP) is 8.81. The summed E-state index contributed by atoms with van der Waals surface area (Å²) >= 11 is 0. The van der Waals surface area contributed by atoms with Crippen LogP contribution in [0.15, 0.2) is 12.2 Å². The van der Waals surface area contributed by atoms with Crippen molar-refractivity contribution in [2.24, 2.45) is 56.2 Å². The van der Waals surface area contributed by atoms with E-state index in [-0.39, 0.29) is 16.9 Å². The fourth-order valence-electron chi connectivity index (χ4n) is 11.3. The van der Waals surface area contributed by atoms with Crippen molar-refractivity contribution in [1.29, 1.82) is 0 Å². The summed E-state index contributed by atoms with van der Waals surface area (Å²) < 4.78 is 0. The van der Waals surface area contributed by atoms with Gasteiger partial charge in [0.2, 0.25) is 0 Å². The van der Waals surface area contributed by atoms with Crippen LogP contribution in [0.4, 0.5) is 0 Å². The molecule has 5 saturated carbocycles. The van der Waals surface area contributed by atoms with E-state index >= 15 is 0 Å². The van der Waals surface area contributed by atoms with E-state index in [9.17, 15) is 5.11 Å². The average molecular weight is 455 g/mol. The minimum Gasteiger partial charge on any atom is -0.393 e. The Morgan fingerprint density at radius 2 is 1.52 bits per heavy atom. The molecule has 0 aliphatic heterocycles. The van der Waals surface area contributed by atoms with E-state index in [4.69, 9.17) is 0 Å². The summed E-state index contributed by atoms with van der Waals surface area (Å²) in [5.41, 5.74) is 3.98. The van der Waals surface area contributed by atoms with Crippen molar-refractivity contribution < 1.29 is 5.11 Å². The first-order valence-corrected chi connectivity index (χ1v) is 14.5. The highest BCUT2D eigenvalue weighted by Gasteiger charge is 2.82. The van der Waals surface area contributed by atoms with Crippen LogP contribution >= 0.6 is 0 Å². The van der Waals surface area contributed by atoms with Crippen molar-refractivity contribution in [1.82, 2.24) is 0 Å². The van der Waals surface area contributed by atoms with Crippen LogP contribution in [0, 0.1) is 56.2 Å². The fourth-order valence-corrected chi connectivity index (χ4v) is 11.3. The molecule has 0 aromatic carbocycles. The molecule has 0 amide bonds. The molecule has 0 heterocycles. The zero-order valence-electron chi connectivity index (χ0n) is 23.3. The summed E-state index contributed by atoms with van der Waals surface area (Å²) in [5, 5.41) is 10.9. The van der Waals surface area contributed by atoms with E-state index in [0.29, 0.717) is 21.7 Å². The normalized spacial score (nSPS) is 51.1. The monoisotopic (exact) mass is 454 g/mol. The lowest BCUT2D eigenvalue weighted by atomic mass is 9.41. The van der Waals surface area contributed by atoms with Crippen LogP contribution in [0.5, 0.6) is 0 Å². The summed E-state index contributed by atoms with van der Waals surface area (Å²) in [6.07, 6.45) is 14.9. The van der Waals surface area contributed by atoms with Crippen molar-refractivity contribution >= 4 is 0 Å². The molecule has 0 radical (unpaired) electrons. The minimum atomic E-state index is -0.0914. The first-order valence-electron chi connectivity index (χ1n) is 14.5. The Morgan fingerprint density at radius 3 is 2.18 bits per heavy atom. The molecule has 5 aliphatic carbocycles. The van der Waals surface area contributed by atoms with Gasteiger partial charge in [0.15, 0.2) is 0 Å². The number of fused-ring (bicyclic) bond motifs is 2. The quantitative estimate of drug-likeness (QED) is 0.421. The first kappa shape index (κ1) is 24.4. The third kappa shape index (κ3) is 2.99. The molecule has 1 N–H and O–H groups in total. The number of rotatable bonds is 4. The predicted molar refractivity (Wildman–Crippen MR) is 140 cm³/mol. The molecule has 2 spiro atoms. The first-order chi connectivity index (χ1) is 15.2. The summed E-state index contributed by atoms with van der Waals surface area (Å²) in [6.45, 7) is 24.2. The van der Waals surface area contributed by atoms with Gasteiger partial charge in [0.05, 0.1) is 6.10 Å². The number of aliphatic hydroxyl groups is 1. The van der Waals surface area contributed by atoms with Gasteiger partial charge in [-0.1, -0.05) is 67.5 Å². The maximum absolute atomic E-state index is 10.9. The van der Waals surface area contributed by atoms with Gasteiger partial charge in [-0.15, -0.1) is 0 Å². The van der Waals surface area contributed by atoms with Crippen LogP contribution in [-0.4, -0.2) is 11.2 Å². The Balaban J connectivity index is 1.37. The molecular formula is C32H54O. The van der Waals surface area contributed by atoms with Gasteiger partial charge in [-0.25, -0.2) is 0 Å². The number of hydrogen-bond acceptors (Lipinski definition) is 1. The van der Waals surface area contributed by atoms with Crippen LogP contribution in [0.1, 0.15) is 126 Å². The molecule has 1 nitrogen and oxygen atoms in total. The van der Waals surface area contributed by atoms with E-state index < -0.39 is 0 Å². The molecule has 5 fully saturated rings. The van der Waals surface area contributed by atoms with Gasteiger partial charge in [-0.2, -0.15) is 0 Å². The Kier molecular flexibility index (Phi) is 5.28. The maximum atomic E-state index is 10.9. The molecule has 9 unspecified atom stereocenters.